The molecule has 0 unspecified atom stereocenters. The highest BCUT2D eigenvalue weighted by Gasteiger charge is 2.30. The summed E-state index contributed by atoms with van der Waals surface area (Å²) in [6, 6.07) is 11.3. The van der Waals surface area contributed by atoms with Crippen LogP contribution in [-0.4, -0.2) is 55.5 Å². The number of pyridine rings is 1. The van der Waals surface area contributed by atoms with Crippen molar-refractivity contribution in [2.24, 2.45) is 0 Å². The van der Waals surface area contributed by atoms with Crippen molar-refractivity contribution in [1.29, 1.82) is 0 Å². The van der Waals surface area contributed by atoms with Crippen LogP contribution in [0.2, 0.25) is 0 Å². The lowest BCUT2D eigenvalue weighted by molar-refractivity contribution is -0.139. The Hall–Kier alpha value is -3.56. The molecular weight excluding hydrogens is 477 g/mol. The maximum Gasteiger partial charge on any atom is 0.305 e. The first-order valence-corrected chi connectivity index (χ1v) is 12.4. The van der Waals surface area contributed by atoms with Crippen LogP contribution in [0.3, 0.4) is 0 Å². The van der Waals surface area contributed by atoms with Gasteiger partial charge < -0.3 is 25.2 Å². The third kappa shape index (κ3) is 6.81. The van der Waals surface area contributed by atoms with Gasteiger partial charge in [-0.2, -0.15) is 0 Å². The zero-order valence-corrected chi connectivity index (χ0v) is 21.3. The summed E-state index contributed by atoms with van der Waals surface area (Å²) in [5, 5.41) is 32.4. The number of halogens is 1. The molecule has 0 spiro atoms. The monoisotopic (exact) mass is 511 g/mol. The van der Waals surface area contributed by atoms with E-state index in [1.54, 1.807) is 24.4 Å². The number of aliphatic carboxylic acids is 1. The third-order valence-corrected chi connectivity index (χ3v) is 6.10. The Labute approximate surface area is 215 Å². The lowest BCUT2D eigenvalue weighted by Crippen LogP contribution is -2.27. The van der Waals surface area contributed by atoms with Crippen LogP contribution in [0.15, 0.2) is 48.7 Å². The number of aliphatic hydroxyl groups excluding tert-OH is 2. The van der Waals surface area contributed by atoms with Gasteiger partial charge in [0.05, 0.1) is 24.3 Å². The number of carboxylic acid groups (broad SMARTS) is 1. The van der Waals surface area contributed by atoms with E-state index in [2.05, 4.69) is 10.3 Å². The first kappa shape index (κ1) is 28.0. The number of hydrogen-bond acceptors (Lipinski definition) is 5. The fraction of sp³-hybridized carbons (Fsp3) is 0.393. The van der Waals surface area contributed by atoms with Gasteiger partial charge in [-0.15, -0.1) is 0 Å². The van der Waals surface area contributed by atoms with Crippen LogP contribution in [0.4, 0.5) is 4.39 Å². The van der Waals surface area contributed by atoms with Crippen molar-refractivity contribution in [2.75, 3.05) is 6.54 Å². The maximum absolute atomic E-state index is 13.9. The Morgan fingerprint density at radius 1 is 1.05 bits per heavy atom. The number of carbonyl (C=O) groups excluding carboxylic acids is 1. The van der Waals surface area contributed by atoms with Crippen molar-refractivity contribution >= 4 is 11.9 Å². The van der Waals surface area contributed by atoms with E-state index in [-0.39, 0.29) is 30.6 Å². The maximum atomic E-state index is 13.9. The molecule has 8 nitrogen and oxygen atoms in total. The Balaban J connectivity index is 2.21. The van der Waals surface area contributed by atoms with Crippen LogP contribution in [-0.2, 0) is 11.2 Å². The molecule has 198 valence electrons. The number of carbonyl (C=O) groups is 2. The molecular formula is C28H34FN3O5. The average Bonchev–Trinajstić information content (AvgIpc) is 3.19. The van der Waals surface area contributed by atoms with E-state index in [4.69, 9.17) is 5.11 Å². The lowest BCUT2D eigenvalue weighted by atomic mass is 9.94. The van der Waals surface area contributed by atoms with Crippen molar-refractivity contribution in [3.05, 3.63) is 65.9 Å². The van der Waals surface area contributed by atoms with Gasteiger partial charge in [0, 0.05) is 35.6 Å². The smallest absolute Gasteiger partial charge is 0.305 e. The van der Waals surface area contributed by atoms with E-state index in [0.717, 1.165) is 5.69 Å². The van der Waals surface area contributed by atoms with Crippen molar-refractivity contribution in [3.63, 3.8) is 0 Å². The van der Waals surface area contributed by atoms with E-state index < -0.39 is 24.6 Å². The average molecular weight is 512 g/mol. The molecule has 0 saturated carbocycles. The molecule has 2 heterocycles. The molecule has 0 aliphatic heterocycles. The molecule has 0 aliphatic carbocycles. The highest BCUT2D eigenvalue weighted by atomic mass is 19.1. The van der Waals surface area contributed by atoms with Crippen LogP contribution in [0.25, 0.3) is 22.4 Å². The Morgan fingerprint density at radius 3 is 2.32 bits per heavy atom. The van der Waals surface area contributed by atoms with Crippen molar-refractivity contribution in [2.45, 2.75) is 64.7 Å². The van der Waals surface area contributed by atoms with E-state index in [1.165, 1.54) is 12.1 Å². The van der Waals surface area contributed by atoms with Crippen LogP contribution < -0.4 is 5.32 Å². The van der Waals surface area contributed by atoms with E-state index >= 15 is 0 Å². The summed E-state index contributed by atoms with van der Waals surface area (Å²) in [7, 11) is 0. The minimum absolute atomic E-state index is 0.0865. The van der Waals surface area contributed by atoms with Gasteiger partial charge in [-0.05, 0) is 69.9 Å². The Morgan fingerprint density at radius 2 is 1.76 bits per heavy atom. The summed E-state index contributed by atoms with van der Waals surface area (Å²) < 4.78 is 15.8. The fourth-order valence-electron chi connectivity index (χ4n) is 4.63. The summed E-state index contributed by atoms with van der Waals surface area (Å²) in [6.45, 7) is 6.17. The van der Waals surface area contributed by atoms with Crippen LogP contribution in [0, 0.1) is 5.82 Å². The number of aromatic nitrogens is 2. The van der Waals surface area contributed by atoms with Gasteiger partial charge in [0.1, 0.15) is 11.5 Å². The Bertz CT molecular complexity index is 1210. The summed E-state index contributed by atoms with van der Waals surface area (Å²) >= 11 is 0. The zero-order valence-electron chi connectivity index (χ0n) is 21.3. The number of amides is 1. The lowest BCUT2D eigenvalue weighted by Gasteiger charge is -2.20. The second-order valence-corrected chi connectivity index (χ2v) is 9.27. The molecule has 0 saturated heterocycles. The number of carboxylic acids is 1. The van der Waals surface area contributed by atoms with Gasteiger partial charge in [-0.3, -0.25) is 14.6 Å². The fourth-order valence-corrected chi connectivity index (χ4v) is 4.63. The Kier molecular flexibility index (Phi) is 9.54. The third-order valence-electron chi connectivity index (χ3n) is 6.10. The number of aliphatic hydroxyl groups is 2. The number of rotatable bonds is 12. The topological polar surface area (TPSA) is 125 Å². The molecule has 3 aromatic rings. The van der Waals surface area contributed by atoms with Gasteiger partial charge >= 0.3 is 5.97 Å². The predicted octanol–water partition coefficient (Wildman–Crippen LogP) is 4.21. The highest BCUT2D eigenvalue weighted by Crippen LogP contribution is 2.42. The van der Waals surface area contributed by atoms with E-state index in [1.807, 2.05) is 37.5 Å². The second kappa shape index (κ2) is 12.6. The molecule has 9 heteroatoms. The van der Waals surface area contributed by atoms with Gasteiger partial charge in [0.25, 0.3) is 5.91 Å². The van der Waals surface area contributed by atoms with Gasteiger partial charge in [0.2, 0.25) is 0 Å². The van der Waals surface area contributed by atoms with Gasteiger partial charge in [-0.25, -0.2) is 4.39 Å². The number of benzene rings is 1. The van der Waals surface area contributed by atoms with Gasteiger partial charge in [-0.1, -0.05) is 18.2 Å². The van der Waals surface area contributed by atoms with E-state index in [9.17, 15) is 24.2 Å². The molecule has 4 N–H and O–H groups in total. The highest BCUT2D eigenvalue weighted by molar-refractivity contribution is 6.04. The quantitative estimate of drug-likeness (QED) is 0.289. The van der Waals surface area contributed by atoms with Crippen LogP contribution in [0.5, 0.6) is 0 Å². The second-order valence-electron chi connectivity index (χ2n) is 9.27. The molecule has 2 atom stereocenters. The van der Waals surface area contributed by atoms with Crippen molar-refractivity contribution in [3.8, 4) is 22.4 Å². The molecule has 0 aliphatic rings. The number of nitrogens with one attached hydrogen (secondary N) is 1. The first-order valence-electron chi connectivity index (χ1n) is 12.4. The molecule has 0 bridgehead atoms. The van der Waals surface area contributed by atoms with Gasteiger partial charge in [0.15, 0.2) is 0 Å². The standard InChI is InChI=1S/C28H34FN3O5/c1-4-30-28(37)27-26(22-7-5-6-14-31-22)25(18-8-10-19(29)11-9-18)23(32(27)17(2)3)13-12-20(33)15-21(34)16-24(35)36/h5-11,14,17,20-21,33-34H,4,12-13,15-16H2,1-3H3,(H,30,37)(H,35,36)/t20-,21-/m1/s1. The molecule has 1 amide bonds. The number of hydrogen-bond donors (Lipinski definition) is 4. The molecule has 37 heavy (non-hydrogen) atoms. The van der Waals surface area contributed by atoms with Crippen molar-refractivity contribution in [1.82, 2.24) is 14.9 Å². The SMILES string of the molecule is CCNC(=O)c1c(-c2ccccn2)c(-c2ccc(F)cc2)c(CC[C@@H](O)C[C@@H](O)CC(=O)O)n1C(C)C. The van der Waals surface area contributed by atoms with Crippen LogP contribution in [0.1, 0.15) is 62.3 Å². The number of nitrogens with zero attached hydrogens (tertiary/aromatic N) is 2. The van der Waals surface area contributed by atoms with E-state index in [0.29, 0.717) is 41.0 Å². The normalized spacial score (nSPS) is 12.9. The van der Waals surface area contributed by atoms with Crippen molar-refractivity contribution < 1.29 is 29.3 Å². The zero-order chi connectivity index (χ0) is 27.1. The molecule has 1 aromatic carbocycles. The minimum atomic E-state index is -1.17. The predicted molar refractivity (Wildman–Crippen MR) is 139 cm³/mol. The summed E-state index contributed by atoms with van der Waals surface area (Å²) in [4.78, 5) is 28.9. The molecule has 2 aromatic heterocycles. The minimum Gasteiger partial charge on any atom is -0.481 e. The van der Waals surface area contributed by atoms with Crippen LogP contribution >= 0.6 is 0 Å². The summed E-state index contributed by atoms with van der Waals surface area (Å²) in [5.41, 5.74) is 3.79. The molecule has 0 radical (unpaired) electrons. The molecule has 0 fully saturated rings. The first-order chi connectivity index (χ1) is 17.6. The largest absolute Gasteiger partial charge is 0.481 e. The summed E-state index contributed by atoms with van der Waals surface area (Å²) in [5.74, 6) is -1.80. The summed E-state index contributed by atoms with van der Waals surface area (Å²) in [6.07, 6.45) is -0.482. The molecule has 3 rings (SSSR count).